The highest BCUT2D eigenvalue weighted by Crippen LogP contribution is 2.38. The van der Waals surface area contributed by atoms with Gasteiger partial charge in [-0.2, -0.15) is 5.26 Å². The van der Waals surface area contributed by atoms with E-state index in [1.165, 1.54) is 0 Å². The summed E-state index contributed by atoms with van der Waals surface area (Å²) in [4.78, 5) is 12.3. The lowest BCUT2D eigenvalue weighted by Gasteiger charge is -2.23. The summed E-state index contributed by atoms with van der Waals surface area (Å²) in [5.74, 6) is -0.343. The molecule has 4 nitrogen and oxygen atoms in total. The summed E-state index contributed by atoms with van der Waals surface area (Å²) in [6, 6.07) is 17.0. The molecule has 1 aliphatic heterocycles. The first kappa shape index (κ1) is 12.2. The third kappa shape index (κ3) is 1.64. The van der Waals surface area contributed by atoms with Crippen LogP contribution in [0.1, 0.15) is 11.1 Å². The lowest BCUT2D eigenvalue weighted by molar-refractivity contribution is -0.118. The summed E-state index contributed by atoms with van der Waals surface area (Å²) in [6.07, 6.45) is 0. The number of carbonyl (C=O) groups is 1. The van der Waals surface area contributed by atoms with Gasteiger partial charge in [0.15, 0.2) is 0 Å². The van der Waals surface area contributed by atoms with Gasteiger partial charge in [-0.25, -0.2) is 0 Å². The molecule has 0 fully saturated rings. The fraction of sp³-hybridized carbons (Fsp3) is 0.125. The average molecular weight is 263 g/mol. The predicted octanol–water partition coefficient (Wildman–Crippen LogP) is 2.78. The predicted molar refractivity (Wildman–Crippen MR) is 77.2 cm³/mol. The Hall–Kier alpha value is -2.80. The molecule has 0 aliphatic carbocycles. The number of nitrogens with zero attached hydrogens (tertiary/aromatic N) is 1. The molecule has 1 heterocycles. The molecule has 0 saturated carbocycles. The Bertz CT molecular complexity index is 732. The number of benzene rings is 2. The fourth-order valence-electron chi connectivity index (χ4n) is 2.44. The van der Waals surface area contributed by atoms with E-state index in [0.717, 1.165) is 11.3 Å². The van der Waals surface area contributed by atoms with E-state index >= 15 is 0 Å². The summed E-state index contributed by atoms with van der Waals surface area (Å²) in [7, 11) is 0. The first-order valence-electron chi connectivity index (χ1n) is 6.33. The highest BCUT2D eigenvalue weighted by Gasteiger charge is 2.47. The van der Waals surface area contributed by atoms with E-state index in [9.17, 15) is 10.1 Å². The molecule has 2 N–H and O–H groups in total. The Kier molecular flexibility index (Phi) is 2.69. The minimum Gasteiger partial charge on any atom is -0.356 e. The molecule has 0 bridgehead atoms. The van der Waals surface area contributed by atoms with Gasteiger partial charge in [0.25, 0.3) is 5.91 Å². The van der Waals surface area contributed by atoms with E-state index < -0.39 is 5.54 Å². The standard InChI is InChI=1S/C16H13N3O/c1-11-6-2-4-8-13(11)19-16(10-17)12-7-3-5-9-14(12)18-15(16)20/h2-9,19H,1H3,(H,18,20)/t16-/m1/s1. The average Bonchev–Trinajstić information content (AvgIpc) is 2.74. The highest BCUT2D eigenvalue weighted by atomic mass is 16.2. The van der Waals surface area contributed by atoms with Crippen LogP contribution in [0.4, 0.5) is 11.4 Å². The zero-order chi connectivity index (χ0) is 14.2. The van der Waals surface area contributed by atoms with Crippen LogP contribution in [-0.4, -0.2) is 5.91 Å². The molecule has 0 aromatic heterocycles. The van der Waals surface area contributed by atoms with Crippen molar-refractivity contribution in [3.8, 4) is 6.07 Å². The molecule has 2 aromatic rings. The highest BCUT2D eigenvalue weighted by molar-refractivity contribution is 6.10. The molecule has 0 unspecified atom stereocenters. The maximum atomic E-state index is 12.3. The largest absolute Gasteiger partial charge is 0.356 e. The van der Waals surface area contributed by atoms with Crippen molar-refractivity contribution in [3.63, 3.8) is 0 Å². The first-order valence-corrected chi connectivity index (χ1v) is 6.33. The Labute approximate surface area is 117 Å². The van der Waals surface area contributed by atoms with Crippen molar-refractivity contribution >= 4 is 17.3 Å². The van der Waals surface area contributed by atoms with E-state index in [-0.39, 0.29) is 5.91 Å². The number of rotatable bonds is 2. The molecule has 1 aliphatic rings. The van der Waals surface area contributed by atoms with Crippen LogP contribution in [0.5, 0.6) is 0 Å². The number of aryl methyl sites for hydroxylation is 1. The number of para-hydroxylation sites is 2. The van der Waals surface area contributed by atoms with Gasteiger partial charge in [0.05, 0.1) is 0 Å². The minimum absolute atomic E-state index is 0.343. The molecular formula is C16H13N3O. The van der Waals surface area contributed by atoms with Crippen LogP contribution in [0.3, 0.4) is 0 Å². The van der Waals surface area contributed by atoms with Gasteiger partial charge in [0.2, 0.25) is 5.54 Å². The second-order valence-electron chi connectivity index (χ2n) is 4.80. The molecule has 0 radical (unpaired) electrons. The van der Waals surface area contributed by atoms with Crippen LogP contribution in [0.15, 0.2) is 48.5 Å². The van der Waals surface area contributed by atoms with Gasteiger partial charge >= 0.3 is 0 Å². The van der Waals surface area contributed by atoms with E-state index in [0.29, 0.717) is 11.3 Å². The topological polar surface area (TPSA) is 64.9 Å². The third-order valence-electron chi connectivity index (χ3n) is 3.55. The molecule has 1 amide bonds. The van der Waals surface area contributed by atoms with Crippen LogP contribution < -0.4 is 10.6 Å². The molecule has 20 heavy (non-hydrogen) atoms. The zero-order valence-electron chi connectivity index (χ0n) is 11.0. The number of hydrogen-bond acceptors (Lipinski definition) is 3. The number of amides is 1. The lowest BCUT2D eigenvalue weighted by Crippen LogP contribution is -2.40. The fourth-order valence-corrected chi connectivity index (χ4v) is 2.44. The van der Waals surface area contributed by atoms with Crippen molar-refractivity contribution in [1.82, 2.24) is 0 Å². The van der Waals surface area contributed by atoms with Crippen LogP contribution in [0, 0.1) is 18.3 Å². The van der Waals surface area contributed by atoms with Gasteiger partial charge in [0, 0.05) is 16.9 Å². The maximum Gasteiger partial charge on any atom is 0.269 e. The van der Waals surface area contributed by atoms with Gasteiger partial charge in [-0.05, 0) is 24.6 Å². The number of anilines is 2. The van der Waals surface area contributed by atoms with E-state index in [1.807, 2.05) is 43.3 Å². The summed E-state index contributed by atoms with van der Waals surface area (Å²) >= 11 is 0. The summed E-state index contributed by atoms with van der Waals surface area (Å²) in [6.45, 7) is 1.94. The van der Waals surface area contributed by atoms with Gasteiger partial charge in [-0.3, -0.25) is 4.79 Å². The van der Waals surface area contributed by atoms with E-state index in [2.05, 4.69) is 16.7 Å². The Morgan fingerprint density at radius 3 is 2.60 bits per heavy atom. The molecular weight excluding hydrogens is 250 g/mol. The smallest absolute Gasteiger partial charge is 0.269 e. The first-order chi connectivity index (χ1) is 9.67. The van der Waals surface area contributed by atoms with Crippen LogP contribution in [0.25, 0.3) is 0 Å². The number of nitriles is 1. The third-order valence-corrected chi connectivity index (χ3v) is 3.55. The minimum atomic E-state index is -1.37. The van der Waals surface area contributed by atoms with Gasteiger partial charge in [-0.15, -0.1) is 0 Å². The monoisotopic (exact) mass is 263 g/mol. The normalized spacial score (nSPS) is 19.9. The second-order valence-corrected chi connectivity index (χ2v) is 4.80. The molecule has 3 rings (SSSR count). The summed E-state index contributed by atoms with van der Waals surface area (Å²) < 4.78 is 0. The van der Waals surface area contributed by atoms with Crippen molar-refractivity contribution in [2.45, 2.75) is 12.5 Å². The van der Waals surface area contributed by atoms with Crippen molar-refractivity contribution in [3.05, 3.63) is 59.7 Å². The van der Waals surface area contributed by atoms with Gasteiger partial charge in [0.1, 0.15) is 6.07 Å². The Balaban J connectivity index is 2.12. The summed E-state index contributed by atoms with van der Waals surface area (Å²) in [5.41, 5.74) is 1.74. The summed E-state index contributed by atoms with van der Waals surface area (Å²) in [5, 5.41) is 15.5. The van der Waals surface area contributed by atoms with Crippen molar-refractivity contribution in [2.75, 3.05) is 10.6 Å². The van der Waals surface area contributed by atoms with E-state index in [1.54, 1.807) is 12.1 Å². The SMILES string of the molecule is Cc1ccccc1N[C@@]1(C#N)C(=O)Nc2ccccc21. The molecule has 2 aromatic carbocycles. The molecule has 0 spiro atoms. The van der Waals surface area contributed by atoms with Gasteiger partial charge < -0.3 is 10.6 Å². The van der Waals surface area contributed by atoms with Crippen LogP contribution in [-0.2, 0) is 10.3 Å². The van der Waals surface area contributed by atoms with Crippen LogP contribution >= 0.6 is 0 Å². The molecule has 1 atom stereocenters. The molecule has 0 saturated heterocycles. The van der Waals surface area contributed by atoms with Crippen molar-refractivity contribution in [2.24, 2.45) is 0 Å². The quantitative estimate of drug-likeness (QED) is 0.875. The van der Waals surface area contributed by atoms with Crippen molar-refractivity contribution < 1.29 is 4.79 Å². The number of hydrogen-bond donors (Lipinski definition) is 2. The molecule has 4 heteroatoms. The van der Waals surface area contributed by atoms with Crippen LogP contribution in [0.2, 0.25) is 0 Å². The van der Waals surface area contributed by atoms with E-state index in [4.69, 9.17) is 0 Å². The Morgan fingerprint density at radius 2 is 1.85 bits per heavy atom. The molecule has 98 valence electrons. The lowest BCUT2D eigenvalue weighted by atomic mass is 9.92. The number of carbonyl (C=O) groups excluding carboxylic acids is 1. The zero-order valence-corrected chi connectivity index (χ0v) is 11.0. The number of fused-ring (bicyclic) bond motifs is 1. The number of nitrogens with one attached hydrogen (secondary N) is 2. The Morgan fingerprint density at radius 1 is 1.15 bits per heavy atom. The maximum absolute atomic E-state index is 12.3. The van der Waals surface area contributed by atoms with Crippen molar-refractivity contribution in [1.29, 1.82) is 5.26 Å². The van der Waals surface area contributed by atoms with Gasteiger partial charge in [-0.1, -0.05) is 36.4 Å². The second kappa shape index (κ2) is 4.39.